The number of aromatic nitrogens is 2. The molecule has 2 aromatic carbocycles. The quantitative estimate of drug-likeness (QED) is 0.549. The van der Waals surface area contributed by atoms with Gasteiger partial charge < -0.3 is 5.32 Å². The minimum Gasteiger partial charge on any atom is -0.350 e. The molecule has 0 atom stereocenters. The highest BCUT2D eigenvalue weighted by Gasteiger charge is 2.12. The number of hydrogen-bond acceptors (Lipinski definition) is 5. The molecule has 0 saturated heterocycles. The van der Waals surface area contributed by atoms with Crippen LogP contribution in [-0.4, -0.2) is 30.1 Å². The molecule has 9 nitrogen and oxygen atoms in total. The van der Waals surface area contributed by atoms with E-state index in [-0.39, 0.29) is 13.1 Å². The van der Waals surface area contributed by atoms with Crippen molar-refractivity contribution in [1.82, 2.24) is 14.9 Å². The molecule has 3 aromatic rings. The molecule has 0 saturated carbocycles. The maximum atomic E-state index is 12.4. The number of aromatic amines is 1. The molecule has 0 fully saturated rings. The van der Waals surface area contributed by atoms with Crippen LogP contribution >= 0.6 is 0 Å². The number of carbonyl (C=O) groups is 1. The van der Waals surface area contributed by atoms with Crippen LogP contribution in [0.2, 0.25) is 0 Å². The van der Waals surface area contributed by atoms with Crippen molar-refractivity contribution < 1.29 is 13.2 Å². The molecule has 0 radical (unpaired) electrons. The van der Waals surface area contributed by atoms with Crippen LogP contribution in [0.1, 0.15) is 5.56 Å². The summed E-state index contributed by atoms with van der Waals surface area (Å²) in [5, 5.41) is 2.96. The number of rotatable bonds is 6. The van der Waals surface area contributed by atoms with Crippen molar-refractivity contribution in [3.8, 4) is 0 Å². The van der Waals surface area contributed by atoms with Gasteiger partial charge in [0.2, 0.25) is 15.9 Å². The third-order valence-corrected chi connectivity index (χ3v) is 4.59. The van der Waals surface area contributed by atoms with Gasteiger partial charge in [-0.1, -0.05) is 30.3 Å². The van der Waals surface area contributed by atoms with Crippen LogP contribution in [-0.2, 0) is 27.9 Å². The van der Waals surface area contributed by atoms with E-state index >= 15 is 0 Å². The van der Waals surface area contributed by atoms with Crippen molar-refractivity contribution in [3.05, 3.63) is 74.9 Å². The van der Waals surface area contributed by atoms with Crippen molar-refractivity contribution in [2.75, 3.05) is 11.0 Å². The molecule has 10 heteroatoms. The van der Waals surface area contributed by atoms with Gasteiger partial charge in [-0.15, -0.1) is 0 Å². The largest absolute Gasteiger partial charge is 0.350 e. The van der Waals surface area contributed by atoms with Gasteiger partial charge >= 0.3 is 5.69 Å². The van der Waals surface area contributed by atoms with E-state index in [4.69, 9.17) is 0 Å². The van der Waals surface area contributed by atoms with Crippen LogP contribution in [0, 0.1) is 0 Å². The minimum atomic E-state index is -3.46. The molecule has 1 heterocycles. The van der Waals surface area contributed by atoms with Crippen molar-refractivity contribution in [2.24, 2.45) is 0 Å². The van der Waals surface area contributed by atoms with Crippen LogP contribution in [0.15, 0.2) is 58.1 Å². The van der Waals surface area contributed by atoms with Crippen molar-refractivity contribution in [2.45, 2.75) is 13.1 Å². The molecule has 1 aromatic heterocycles. The predicted molar refractivity (Wildman–Crippen MR) is 106 cm³/mol. The normalized spacial score (nSPS) is 11.3. The third-order valence-electron chi connectivity index (χ3n) is 4.00. The van der Waals surface area contributed by atoms with Crippen molar-refractivity contribution in [3.63, 3.8) is 0 Å². The van der Waals surface area contributed by atoms with E-state index in [9.17, 15) is 22.8 Å². The number of para-hydroxylation sites is 2. The topological polar surface area (TPSA) is 130 Å². The van der Waals surface area contributed by atoms with Crippen molar-refractivity contribution in [1.29, 1.82) is 0 Å². The van der Waals surface area contributed by atoms with E-state index in [1.165, 1.54) is 4.57 Å². The fourth-order valence-corrected chi connectivity index (χ4v) is 3.37. The second kappa shape index (κ2) is 7.69. The molecule has 0 aliphatic carbocycles. The van der Waals surface area contributed by atoms with Crippen molar-refractivity contribution >= 4 is 32.5 Å². The van der Waals surface area contributed by atoms with Gasteiger partial charge in [-0.05, 0) is 23.8 Å². The van der Waals surface area contributed by atoms with E-state index < -0.39 is 27.2 Å². The molecular formula is C18H18N4O5S. The minimum absolute atomic E-state index is 0.0631. The number of sulfonamides is 1. The maximum absolute atomic E-state index is 12.4. The number of hydrogen-bond donors (Lipinski definition) is 3. The summed E-state index contributed by atoms with van der Waals surface area (Å²) in [6.45, 7) is -0.231. The molecule has 1 amide bonds. The highest BCUT2D eigenvalue weighted by Crippen LogP contribution is 2.16. The Morgan fingerprint density at radius 3 is 2.50 bits per heavy atom. The standard InChI is InChI=1S/C18H18N4O5S/c1-28(26,27)21-14-8-4-2-6-12(14)10-19-16(23)11-22-15-9-5-3-7-13(15)17(24)20-18(22)25/h2-9,21H,10-11H2,1H3,(H,19,23)(H,20,24,25). The van der Waals surface area contributed by atoms with Gasteiger partial charge in [0.25, 0.3) is 5.56 Å². The lowest BCUT2D eigenvalue weighted by Crippen LogP contribution is -2.36. The number of H-pyrrole nitrogens is 1. The monoisotopic (exact) mass is 402 g/mol. The summed E-state index contributed by atoms with van der Waals surface area (Å²) in [6.07, 6.45) is 1.04. The Bertz CT molecular complexity index is 1260. The number of nitrogens with zero attached hydrogens (tertiary/aromatic N) is 1. The van der Waals surface area contributed by atoms with Gasteiger partial charge in [-0.3, -0.25) is 23.9 Å². The molecule has 0 aliphatic heterocycles. The number of amides is 1. The first-order valence-electron chi connectivity index (χ1n) is 8.29. The van der Waals surface area contributed by atoms with Gasteiger partial charge in [0, 0.05) is 6.54 Å². The summed E-state index contributed by atoms with van der Waals surface area (Å²) in [5.74, 6) is -0.464. The molecule has 0 aliphatic rings. The Kier molecular flexibility index (Phi) is 5.32. The molecule has 146 valence electrons. The van der Waals surface area contributed by atoms with Crippen LogP contribution in [0.3, 0.4) is 0 Å². The van der Waals surface area contributed by atoms with Gasteiger partial charge in [-0.2, -0.15) is 0 Å². The van der Waals surface area contributed by atoms with Crippen LogP contribution in [0.4, 0.5) is 5.69 Å². The summed E-state index contributed by atoms with van der Waals surface area (Å²) in [5.41, 5.74) is 0.0819. The molecule has 3 rings (SSSR count). The smallest absolute Gasteiger partial charge is 0.329 e. The zero-order valence-corrected chi connectivity index (χ0v) is 15.7. The average Bonchev–Trinajstić information content (AvgIpc) is 2.63. The summed E-state index contributed by atoms with van der Waals surface area (Å²) < 4.78 is 26.5. The molecular weight excluding hydrogens is 384 g/mol. The lowest BCUT2D eigenvalue weighted by Gasteiger charge is -2.13. The summed E-state index contributed by atoms with van der Waals surface area (Å²) in [4.78, 5) is 38.6. The van der Waals surface area contributed by atoms with Crippen LogP contribution in [0.25, 0.3) is 10.9 Å². The average molecular weight is 402 g/mol. The fraction of sp³-hybridized carbons (Fsp3) is 0.167. The predicted octanol–water partition coefficient (Wildman–Crippen LogP) is 0.378. The lowest BCUT2D eigenvalue weighted by molar-refractivity contribution is -0.121. The summed E-state index contributed by atoms with van der Waals surface area (Å²) >= 11 is 0. The summed E-state index contributed by atoms with van der Waals surface area (Å²) in [7, 11) is -3.46. The zero-order chi connectivity index (χ0) is 20.3. The first-order chi connectivity index (χ1) is 13.2. The highest BCUT2D eigenvalue weighted by molar-refractivity contribution is 7.92. The number of anilines is 1. The molecule has 0 unspecified atom stereocenters. The van der Waals surface area contributed by atoms with E-state index in [0.29, 0.717) is 22.2 Å². The second-order valence-electron chi connectivity index (χ2n) is 6.17. The highest BCUT2D eigenvalue weighted by atomic mass is 32.2. The second-order valence-corrected chi connectivity index (χ2v) is 7.92. The fourth-order valence-electron chi connectivity index (χ4n) is 2.77. The van der Waals surface area contributed by atoms with E-state index in [0.717, 1.165) is 6.26 Å². The number of nitrogens with one attached hydrogen (secondary N) is 3. The Hall–Kier alpha value is -3.40. The SMILES string of the molecule is CS(=O)(=O)Nc1ccccc1CNC(=O)Cn1c(=O)[nH]c(=O)c2ccccc21. The van der Waals surface area contributed by atoms with E-state index in [2.05, 4.69) is 15.0 Å². The summed E-state index contributed by atoms with van der Waals surface area (Å²) in [6, 6.07) is 13.1. The Morgan fingerprint density at radius 1 is 1.07 bits per heavy atom. The van der Waals surface area contributed by atoms with Gasteiger partial charge in [0.1, 0.15) is 6.54 Å². The first kappa shape index (κ1) is 19.4. The van der Waals surface area contributed by atoms with E-state index in [1.807, 2.05) is 0 Å². The zero-order valence-electron chi connectivity index (χ0n) is 14.9. The number of benzene rings is 2. The molecule has 0 spiro atoms. The number of fused-ring (bicyclic) bond motifs is 1. The van der Waals surface area contributed by atoms with Gasteiger partial charge in [-0.25, -0.2) is 13.2 Å². The lowest BCUT2D eigenvalue weighted by atomic mass is 10.2. The molecule has 28 heavy (non-hydrogen) atoms. The molecule has 3 N–H and O–H groups in total. The molecule has 0 bridgehead atoms. The van der Waals surface area contributed by atoms with Crippen LogP contribution in [0.5, 0.6) is 0 Å². The third kappa shape index (κ3) is 4.46. The van der Waals surface area contributed by atoms with Gasteiger partial charge in [0.15, 0.2) is 0 Å². The Labute approximate surface area is 160 Å². The first-order valence-corrected chi connectivity index (χ1v) is 10.2. The van der Waals surface area contributed by atoms with Crippen LogP contribution < -0.4 is 21.3 Å². The Morgan fingerprint density at radius 2 is 1.75 bits per heavy atom. The number of carbonyl (C=O) groups excluding carboxylic acids is 1. The maximum Gasteiger partial charge on any atom is 0.329 e. The van der Waals surface area contributed by atoms with E-state index in [1.54, 1.807) is 48.5 Å². The van der Waals surface area contributed by atoms with Gasteiger partial charge in [0.05, 0.1) is 22.8 Å². The Balaban J connectivity index is 1.79.